The van der Waals surface area contributed by atoms with E-state index in [2.05, 4.69) is 34.4 Å². The molecule has 1 saturated heterocycles. The number of para-hydroxylation sites is 1. The topological polar surface area (TPSA) is 48.9 Å². The Morgan fingerprint density at radius 3 is 2.70 bits per heavy atom. The van der Waals surface area contributed by atoms with E-state index in [1.54, 1.807) is 25.2 Å². The molecule has 5 nitrogen and oxygen atoms in total. The highest BCUT2D eigenvalue weighted by molar-refractivity contribution is 14.0. The summed E-state index contributed by atoms with van der Waals surface area (Å²) in [7, 11) is 1.76. The Morgan fingerprint density at radius 2 is 2.04 bits per heavy atom. The van der Waals surface area contributed by atoms with Crippen LogP contribution in [0.5, 0.6) is 5.75 Å². The smallest absolute Gasteiger partial charge is 0.191 e. The van der Waals surface area contributed by atoms with E-state index in [-0.39, 0.29) is 41.6 Å². The lowest BCUT2D eigenvalue weighted by molar-refractivity contribution is 0.141. The third kappa shape index (κ3) is 8.21. The number of nitrogens with zero attached hydrogens (tertiary/aromatic N) is 2. The number of rotatable bonds is 7. The highest BCUT2D eigenvalue weighted by Crippen LogP contribution is 2.18. The predicted octanol–water partition coefficient (Wildman–Crippen LogP) is 3.50. The molecule has 1 aromatic carbocycles. The number of ether oxygens (including phenoxy) is 1. The first-order chi connectivity index (χ1) is 12.5. The maximum absolute atomic E-state index is 13.6. The molecule has 2 N–H and O–H groups in total. The van der Waals surface area contributed by atoms with Gasteiger partial charge in [0, 0.05) is 26.2 Å². The van der Waals surface area contributed by atoms with Gasteiger partial charge >= 0.3 is 0 Å². The van der Waals surface area contributed by atoms with Crippen molar-refractivity contribution in [2.45, 2.75) is 45.8 Å². The molecule has 0 amide bonds. The van der Waals surface area contributed by atoms with Gasteiger partial charge in [-0.1, -0.05) is 12.1 Å². The summed E-state index contributed by atoms with van der Waals surface area (Å²) in [6.07, 6.45) is 2.33. The summed E-state index contributed by atoms with van der Waals surface area (Å²) in [6.45, 7) is 10.2. The maximum atomic E-state index is 13.6. The summed E-state index contributed by atoms with van der Waals surface area (Å²) >= 11 is 0. The normalized spacial score (nSPS) is 19.3. The molecule has 0 aliphatic carbocycles. The highest BCUT2D eigenvalue weighted by atomic mass is 127. The van der Waals surface area contributed by atoms with Crippen LogP contribution in [0, 0.1) is 11.7 Å². The molecule has 2 rings (SSSR count). The van der Waals surface area contributed by atoms with Gasteiger partial charge in [0.05, 0.1) is 6.54 Å². The molecule has 154 valence electrons. The van der Waals surface area contributed by atoms with E-state index < -0.39 is 0 Å². The average molecular weight is 492 g/mol. The van der Waals surface area contributed by atoms with Gasteiger partial charge in [0.1, 0.15) is 6.10 Å². The lowest BCUT2D eigenvalue weighted by atomic mass is 9.97. The van der Waals surface area contributed by atoms with Gasteiger partial charge in [-0.25, -0.2) is 4.39 Å². The third-order valence-corrected chi connectivity index (χ3v) is 4.78. The Kier molecular flexibility index (Phi) is 11.0. The van der Waals surface area contributed by atoms with Crippen molar-refractivity contribution in [1.82, 2.24) is 15.5 Å². The van der Waals surface area contributed by atoms with Crippen molar-refractivity contribution >= 4 is 29.9 Å². The van der Waals surface area contributed by atoms with E-state index in [9.17, 15) is 4.39 Å². The number of hydrogen-bond acceptors (Lipinski definition) is 3. The van der Waals surface area contributed by atoms with Crippen molar-refractivity contribution in [3.05, 3.63) is 30.1 Å². The number of nitrogens with one attached hydrogen (secondary N) is 2. The van der Waals surface area contributed by atoms with Crippen molar-refractivity contribution in [3.63, 3.8) is 0 Å². The molecule has 0 bridgehead atoms. The zero-order valence-corrected chi connectivity index (χ0v) is 19.2. The standard InChI is InChI=1S/C20H33FN4O.HI/c1-15(2)25-11-7-8-17(14-25)13-24-20(22-4)23-12-16(3)26-19-10-6-5-9-18(19)21;/h5-6,9-10,15-17H,7-8,11-14H2,1-4H3,(H2,22,23,24);1H. The number of halogens is 2. The van der Waals surface area contributed by atoms with Gasteiger partial charge in [0.15, 0.2) is 17.5 Å². The highest BCUT2D eigenvalue weighted by Gasteiger charge is 2.21. The molecule has 0 aromatic heterocycles. The molecule has 1 aliphatic heterocycles. The summed E-state index contributed by atoms with van der Waals surface area (Å²) < 4.78 is 19.3. The fourth-order valence-corrected chi connectivity index (χ4v) is 3.23. The third-order valence-electron chi connectivity index (χ3n) is 4.78. The molecule has 1 fully saturated rings. The fourth-order valence-electron chi connectivity index (χ4n) is 3.23. The second-order valence-electron chi connectivity index (χ2n) is 7.29. The minimum atomic E-state index is -0.339. The van der Waals surface area contributed by atoms with Crippen molar-refractivity contribution < 1.29 is 9.13 Å². The van der Waals surface area contributed by atoms with Crippen LogP contribution in [0.25, 0.3) is 0 Å². The van der Waals surface area contributed by atoms with Crippen LogP contribution in [0.4, 0.5) is 4.39 Å². The molecular formula is C20H34FIN4O. The monoisotopic (exact) mass is 492 g/mol. The van der Waals surface area contributed by atoms with Crippen molar-refractivity contribution in [2.24, 2.45) is 10.9 Å². The van der Waals surface area contributed by atoms with Gasteiger partial charge in [-0.05, 0) is 58.2 Å². The zero-order valence-electron chi connectivity index (χ0n) is 16.9. The van der Waals surface area contributed by atoms with E-state index in [1.807, 2.05) is 6.92 Å². The van der Waals surface area contributed by atoms with Crippen molar-refractivity contribution in [2.75, 3.05) is 33.2 Å². The largest absolute Gasteiger partial charge is 0.486 e. The predicted molar refractivity (Wildman–Crippen MR) is 121 cm³/mol. The maximum Gasteiger partial charge on any atom is 0.191 e. The first kappa shape index (κ1) is 23.9. The minimum Gasteiger partial charge on any atom is -0.486 e. The van der Waals surface area contributed by atoms with Gasteiger partial charge in [0.25, 0.3) is 0 Å². The Hall–Kier alpha value is -1.09. The van der Waals surface area contributed by atoms with Crippen LogP contribution in [-0.4, -0.2) is 56.2 Å². The van der Waals surface area contributed by atoms with E-state index in [4.69, 9.17) is 4.74 Å². The quantitative estimate of drug-likeness (QED) is 0.348. The number of benzene rings is 1. The van der Waals surface area contributed by atoms with E-state index in [0.29, 0.717) is 18.5 Å². The van der Waals surface area contributed by atoms with Gasteiger partial charge < -0.3 is 20.3 Å². The van der Waals surface area contributed by atoms with Gasteiger partial charge in [-0.3, -0.25) is 4.99 Å². The molecule has 0 radical (unpaired) electrons. The van der Waals surface area contributed by atoms with E-state index in [1.165, 1.54) is 25.5 Å². The van der Waals surface area contributed by atoms with Crippen LogP contribution < -0.4 is 15.4 Å². The summed E-state index contributed by atoms with van der Waals surface area (Å²) in [5.41, 5.74) is 0. The second kappa shape index (κ2) is 12.4. The summed E-state index contributed by atoms with van der Waals surface area (Å²) in [4.78, 5) is 6.81. The van der Waals surface area contributed by atoms with Crippen LogP contribution in [0.3, 0.4) is 0 Å². The molecule has 2 unspecified atom stereocenters. The van der Waals surface area contributed by atoms with Gasteiger partial charge in [-0.15, -0.1) is 24.0 Å². The molecular weight excluding hydrogens is 458 g/mol. The zero-order chi connectivity index (χ0) is 18.9. The summed E-state index contributed by atoms with van der Waals surface area (Å²) in [5.74, 6) is 1.34. The number of likely N-dealkylation sites (tertiary alicyclic amines) is 1. The molecule has 1 aromatic rings. The average Bonchev–Trinajstić information content (AvgIpc) is 2.64. The SMILES string of the molecule is CN=C(NCC1CCCN(C(C)C)C1)NCC(C)Oc1ccccc1F.I. The summed E-state index contributed by atoms with van der Waals surface area (Å²) in [5, 5.41) is 6.67. The molecule has 1 aliphatic rings. The number of guanidine groups is 1. The van der Waals surface area contributed by atoms with Crippen molar-refractivity contribution in [3.8, 4) is 5.75 Å². The first-order valence-electron chi connectivity index (χ1n) is 9.59. The number of piperidine rings is 1. The van der Waals surface area contributed by atoms with E-state index >= 15 is 0 Å². The Bertz CT molecular complexity index is 585. The molecule has 1 heterocycles. The number of hydrogen-bond donors (Lipinski definition) is 2. The van der Waals surface area contributed by atoms with Crippen LogP contribution >= 0.6 is 24.0 Å². The second-order valence-corrected chi connectivity index (χ2v) is 7.29. The molecule has 2 atom stereocenters. The van der Waals surface area contributed by atoms with E-state index in [0.717, 1.165) is 19.0 Å². The van der Waals surface area contributed by atoms with Crippen LogP contribution in [-0.2, 0) is 0 Å². The van der Waals surface area contributed by atoms with Crippen LogP contribution in [0.2, 0.25) is 0 Å². The first-order valence-corrected chi connectivity index (χ1v) is 9.59. The number of aliphatic imine (C=N–C) groups is 1. The fraction of sp³-hybridized carbons (Fsp3) is 0.650. The lowest BCUT2D eigenvalue weighted by Gasteiger charge is -2.35. The molecule has 0 saturated carbocycles. The Balaban J connectivity index is 0.00000364. The van der Waals surface area contributed by atoms with Gasteiger partial charge in [-0.2, -0.15) is 0 Å². The molecule has 27 heavy (non-hydrogen) atoms. The van der Waals surface area contributed by atoms with Crippen molar-refractivity contribution in [1.29, 1.82) is 0 Å². The van der Waals surface area contributed by atoms with Crippen LogP contribution in [0.1, 0.15) is 33.6 Å². The molecule has 0 spiro atoms. The Labute approximate surface area is 180 Å². The lowest BCUT2D eigenvalue weighted by Crippen LogP contribution is -2.47. The van der Waals surface area contributed by atoms with Crippen LogP contribution in [0.15, 0.2) is 29.3 Å². The molecule has 7 heteroatoms. The summed E-state index contributed by atoms with van der Waals surface area (Å²) in [6, 6.07) is 7.07. The Morgan fingerprint density at radius 1 is 1.30 bits per heavy atom. The van der Waals surface area contributed by atoms with Gasteiger partial charge in [0.2, 0.25) is 0 Å². The minimum absolute atomic E-state index is 0.